The molecule has 138 valence electrons. The zero-order valence-electron chi connectivity index (χ0n) is 15.3. The van der Waals surface area contributed by atoms with Crippen LogP contribution in [-0.2, 0) is 17.6 Å². The summed E-state index contributed by atoms with van der Waals surface area (Å²) in [4.78, 5) is 19.2. The fourth-order valence-corrected chi connectivity index (χ4v) is 4.91. The molecule has 1 aromatic heterocycles. The number of amides is 1. The molecule has 1 N–H and O–H groups in total. The van der Waals surface area contributed by atoms with Crippen molar-refractivity contribution in [2.75, 3.05) is 10.7 Å². The Hall–Kier alpha value is -1.82. The van der Waals surface area contributed by atoms with E-state index in [2.05, 4.69) is 28.2 Å². The Kier molecular flexibility index (Phi) is 5.29. The van der Waals surface area contributed by atoms with E-state index in [9.17, 15) is 4.79 Å². The van der Waals surface area contributed by atoms with Crippen LogP contribution in [0.25, 0.3) is 0 Å². The summed E-state index contributed by atoms with van der Waals surface area (Å²) in [5.74, 6) is 2.31. The first-order valence-electron chi connectivity index (χ1n) is 9.65. The van der Waals surface area contributed by atoms with Crippen molar-refractivity contribution < 1.29 is 4.79 Å². The van der Waals surface area contributed by atoms with Crippen LogP contribution in [0.2, 0.25) is 0 Å². The van der Waals surface area contributed by atoms with E-state index in [0.29, 0.717) is 10.9 Å². The minimum atomic E-state index is 0.129. The highest BCUT2D eigenvalue weighted by Crippen LogP contribution is 2.32. The standard InChI is InChI=1S/C20H26N4OS/c1-14-12-16-8-4-5-9-17(16)24(14)19(25)13-26-20-21-18(22-23-20)11-10-15-6-2-3-7-15/h4-5,8-9,14-15H,2-3,6-7,10-13H2,1H3,(H,21,22,23). The number of rotatable bonds is 6. The Morgan fingerprint density at radius 1 is 1.31 bits per heavy atom. The van der Waals surface area contributed by atoms with E-state index in [-0.39, 0.29) is 11.9 Å². The van der Waals surface area contributed by atoms with Crippen LogP contribution in [0, 0.1) is 5.92 Å². The van der Waals surface area contributed by atoms with E-state index >= 15 is 0 Å². The average molecular weight is 371 g/mol. The molecule has 0 radical (unpaired) electrons. The number of carbonyl (C=O) groups excluding carboxylic acids is 1. The molecule has 6 heteroatoms. The van der Waals surface area contributed by atoms with Crippen molar-refractivity contribution in [2.24, 2.45) is 5.92 Å². The molecule has 2 aliphatic rings. The zero-order chi connectivity index (χ0) is 17.9. The summed E-state index contributed by atoms with van der Waals surface area (Å²) in [6, 6.07) is 8.40. The molecular weight excluding hydrogens is 344 g/mol. The van der Waals surface area contributed by atoms with E-state index in [1.807, 2.05) is 23.1 Å². The summed E-state index contributed by atoms with van der Waals surface area (Å²) in [5, 5.41) is 8.00. The third kappa shape index (κ3) is 3.80. The first kappa shape index (κ1) is 17.6. The molecule has 1 aliphatic heterocycles. The van der Waals surface area contributed by atoms with Crippen LogP contribution in [-0.4, -0.2) is 32.9 Å². The van der Waals surface area contributed by atoms with Crippen LogP contribution in [0.1, 0.15) is 50.4 Å². The predicted octanol–water partition coefficient (Wildman–Crippen LogP) is 4.00. The molecule has 1 amide bonds. The summed E-state index contributed by atoms with van der Waals surface area (Å²) in [6.45, 7) is 2.11. The van der Waals surface area contributed by atoms with Gasteiger partial charge >= 0.3 is 0 Å². The molecule has 0 saturated heterocycles. The summed E-state index contributed by atoms with van der Waals surface area (Å²) in [5.41, 5.74) is 2.31. The number of thioether (sulfide) groups is 1. The molecule has 0 spiro atoms. The second-order valence-corrected chi connectivity index (χ2v) is 8.43. The molecule has 0 bridgehead atoms. The molecule has 1 aromatic carbocycles. The normalized spacial score (nSPS) is 19.9. The van der Waals surface area contributed by atoms with Gasteiger partial charge in [-0.25, -0.2) is 4.98 Å². The minimum Gasteiger partial charge on any atom is -0.308 e. The number of fused-ring (bicyclic) bond motifs is 1. The molecule has 5 nitrogen and oxygen atoms in total. The smallest absolute Gasteiger partial charge is 0.237 e. The zero-order valence-corrected chi connectivity index (χ0v) is 16.1. The number of nitrogens with zero attached hydrogens (tertiary/aromatic N) is 3. The van der Waals surface area contributed by atoms with Gasteiger partial charge in [0.1, 0.15) is 5.82 Å². The molecule has 4 rings (SSSR count). The van der Waals surface area contributed by atoms with Crippen LogP contribution >= 0.6 is 11.8 Å². The molecule has 1 unspecified atom stereocenters. The Morgan fingerprint density at radius 3 is 2.96 bits per heavy atom. The Bertz CT molecular complexity index is 769. The maximum atomic E-state index is 12.7. The Balaban J connectivity index is 1.31. The molecular formula is C20H26N4OS. The van der Waals surface area contributed by atoms with E-state index in [1.165, 1.54) is 49.4 Å². The Morgan fingerprint density at radius 2 is 2.12 bits per heavy atom. The van der Waals surface area contributed by atoms with Crippen molar-refractivity contribution in [2.45, 2.75) is 63.1 Å². The van der Waals surface area contributed by atoms with Gasteiger partial charge in [-0.1, -0.05) is 55.6 Å². The minimum absolute atomic E-state index is 0.129. The number of para-hydroxylation sites is 1. The van der Waals surface area contributed by atoms with Gasteiger partial charge in [-0.2, -0.15) is 0 Å². The highest BCUT2D eigenvalue weighted by atomic mass is 32.2. The molecule has 1 fully saturated rings. The largest absolute Gasteiger partial charge is 0.308 e. The maximum absolute atomic E-state index is 12.7. The van der Waals surface area contributed by atoms with E-state index in [1.54, 1.807) is 0 Å². The third-order valence-corrected chi connectivity index (χ3v) is 6.41. The quantitative estimate of drug-likeness (QED) is 0.781. The van der Waals surface area contributed by atoms with Gasteiger partial charge in [0.15, 0.2) is 0 Å². The van der Waals surface area contributed by atoms with Crippen molar-refractivity contribution in [1.29, 1.82) is 0 Å². The molecule has 26 heavy (non-hydrogen) atoms. The number of anilines is 1. The number of hydrogen-bond donors (Lipinski definition) is 1. The predicted molar refractivity (Wildman–Crippen MR) is 104 cm³/mol. The second-order valence-electron chi connectivity index (χ2n) is 7.49. The van der Waals surface area contributed by atoms with Crippen molar-refractivity contribution in [3.05, 3.63) is 35.7 Å². The van der Waals surface area contributed by atoms with E-state index < -0.39 is 0 Å². The van der Waals surface area contributed by atoms with Gasteiger partial charge in [0.05, 0.1) is 5.75 Å². The monoisotopic (exact) mass is 370 g/mol. The number of H-pyrrole nitrogens is 1. The third-order valence-electron chi connectivity index (χ3n) is 5.58. The highest BCUT2D eigenvalue weighted by molar-refractivity contribution is 7.99. The fraction of sp³-hybridized carbons (Fsp3) is 0.550. The molecule has 1 aliphatic carbocycles. The molecule has 2 aromatic rings. The summed E-state index contributed by atoms with van der Waals surface area (Å²) in [6.07, 6.45) is 8.56. The van der Waals surface area contributed by atoms with Gasteiger partial charge in [0.25, 0.3) is 0 Å². The van der Waals surface area contributed by atoms with Gasteiger partial charge in [0, 0.05) is 18.2 Å². The van der Waals surface area contributed by atoms with Crippen molar-refractivity contribution >= 4 is 23.4 Å². The number of aryl methyl sites for hydroxylation is 1. The maximum Gasteiger partial charge on any atom is 0.237 e. The lowest BCUT2D eigenvalue weighted by Gasteiger charge is -2.22. The van der Waals surface area contributed by atoms with E-state index in [4.69, 9.17) is 0 Å². The summed E-state index contributed by atoms with van der Waals surface area (Å²) >= 11 is 1.43. The number of aromatic nitrogens is 3. The van der Waals surface area contributed by atoms with Crippen molar-refractivity contribution in [3.8, 4) is 0 Å². The SMILES string of the molecule is CC1Cc2ccccc2N1C(=O)CSc1n[nH]c(CCC2CCCC2)n1. The van der Waals surface area contributed by atoms with Crippen LogP contribution in [0.15, 0.2) is 29.4 Å². The number of nitrogens with one attached hydrogen (secondary N) is 1. The lowest BCUT2D eigenvalue weighted by Crippen LogP contribution is -2.37. The van der Waals surface area contributed by atoms with Crippen LogP contribution in [0.3, 0.4) is 0 Å². The van der Waals surface area contributed by atoms with Crippen LogP contribution in [0.4, 0.5) is 5.69 Å². The van der Waals surface area contributed by atoms with Gasteiger partial charge in [-0.05, 0) is 37.3 Å². The molecule has 1 atom stereocenters. The lowest BCUT2D eigenvalue weighted by atomic mass is 10.0. The molecule has 1 saturated carbocycles. The highest BCUT2D eigenvalue weighted by Gasteiger charge is 2.30. The van der Waals surface area contributed by atoms with Crippen molar-refractivity contribution in [1.82, 2.24) is 15.2 Å². The number of carbonyl (C=O) groups is 1. The number of benzene rings is 1. The van der Waals surface area contributed by atoms with Crippen LogP contribution in [0.5, 0.6) is 0 Å². The molecule has 2 heterocycles. The van der Waals surface area contributed by atoms with Gasteiger partial charge in [-0.3, -0.25) is 9.89 Å². The average Bonchev–Trinajstić information content (AvgIpc) is 3.37. The topological polar surface area (TPSA) is 61.9 Å². The first-order chi connectivity index (χ1) is 12.7. The second kappa shape index (κ2) is 7.82. The van der Waals surface area contributed by atoms with Gasteiger partial charge in [-0.15, -0.1) is 5.10 Å². The summed E-state index contributed by atoms with van der Waals surface area (Å²) < 4.78 is 0. The Labute approximate surface area is 159 Å². The summed E-state index contributed by atoms with van der Waals surface area (Å²) in [7, 11) is 0. The number of aromatic amines is 1. The van der Waals surface area contributed by atoms with Crippen LogP contribution < -0.4 is 4.90 Å². The lowest BCUT2D eigenvalue weighted by molar-refractivity contribution is -0.116. The van der Waals surface area contributed by atoms with E-state index in [0.717, 1.165) is 30.3 Å². The van der Waals surface area contributed by atoms with Gasteiger partial charge < -0.3 is 4.90 Å². The van der Waals surface area contributed by atoms with Gasteiger partial charge in [0.2, 0.25) is 11.1 Å². The fourth-order valence-electron chi connectivity index (χ4n) is 4.24. The van der Waals surface area contributed by atoms with Crippen molar-refractivity contribution in [3.63, 3.8) is 0 Å². The number of hydrogen-bond acceptors (Lipinski definition) is 4. The first-order valence-corrected chi connectivity index (χ1v) is 10.6.